The Kier molecular flexibility index (Phi) is 2.52. The van der Waals surface area contributed by atoms with Gasteiger partial charge in [-0.15, -0.1) is 0 Å². The second-order valence-electron chi connectivity index (χ2n) is 2.44. The van der Waals surface area contributed by atoms with Crippen LogP contribution in [0.4, 0.5) is 13.2 Å². The minimum Gasteiger partial charge on any atom is -0.217 e. The van der Waals surface area contributed by atoms with Crippen LogP contribution in [0.3, 0.4) is 0 Å². The van der Waals surface area contributed by atoms with Gasteiger partial charge in [-0.3, -0.25) is 0 Å². The van der Waals surface area contributed by atoms with Crippen LogP contribution in [0.25, 0.3) is 0 Å². The number of nitrogens with zero attached hydrogens (tertiary/aromatic N) is 2. The largest absolute Gasteiger partial charge is 0.280 e. The average Bonchev–Trinajstić information content (AvgIpc) is 2.07. The Labute approximate surface area is 72.6 Å². The molecule has 0 aromatic carbocycles. The van der Waals surface area contributed by atoms with E-state index in [1.807, 2.05) is 0 Å². The van der Waals surface area contributed by atoms with Gasteiger partial charge in [-0.05, 0) is 18.6 Å². The lowest BCUT2D eigenvalue weighted by atomic mass is 10.1. The molecule has 0 bridgehead atoms. The number of alkyl halides is 2. The van der Waals surface area contributed by atoms with Crippen molar-refractivity contribution in [3.05, 3.63) is 28.8 Å². The van der Waals surface area contributed by atoms with Crippen LogP contribution >= 0.6 is 0 Å². The van der Waals surface area contributed by atoms with Crippen LogP contribution in [0.5, 0.6) is 0 Å². The second kappa shape index (κ2) is 3.44. The van der Waals surface area contributed by atoms with Crippen LogP contribution in [-0.2, 0) is 0 Å². The van der Waals surface area contributed by atoms with E-state index < -0.39 is 18.1 Å². The van der Waals surface area contributed by atoms with E-state index in [2.05, 4.69) is 4.98 Å². The normalized spacial score (nSPS) is 10.2. The van der Waals surface area contributed by atoms with Crippen molar-refractivity contribution in [3.63, 3.8) is 0 Å². The first-order valence-electron chi connectivity index (χ1n) is 3.41. The van der Waals surface area contributed by atoms with E-state index in [0.29, 0.717) is 0 Å². The van der Waals surface area contributed by atoms with Crippen molar-refractivity contribution in [2.24, 2.45) is 0 Å². The van der Waals surface area contributed by atoms with Crippen LogP contribution in [0.15, 0.2) is 6.07 Å². The number of pyridine rings is 1. The van der Waals surface area contributed by atoms with Crippen LogP contribution in [0.2, 0.25) is 0 Å². The maximum Gasteiger partial charge on any atom is 0.280 e. The molecule has 1 aromatic heterocycles. The van der Waals surface area contributed by atoms with Crippen molar-refractivity contribution >= 4 is 0 Å². The maximum absolute atomic E-state index is 12.7. The monoisotopic (exact) mass is 186 g/mol. The van der Waals surface area contributed by atoms with Gasteiger partial charge in [0, 0.05) is 0 Å². The Morgan fingerprint density at radius 2 is 2.15 bits per heavy atom. The van der Waals surface area contributed by atoms with Gasteiger partial charge in [-0.2, -0.15) is 9.65 Å². The highest BCUT2D eigenvalue weighted by molar-refractivity contribution is 5.33. The molecule has 0 unspecified atom stereocenters. The molecule has 0 saturated heterocycles. The van der Waals surface area contributed by atoms with E-state index in [-0.39, 0.29) is 11.1 Å². The summed E-state index contributed by atoms with van der Waals surface area (Å²) < 4.78 is 37.0. The van der Waals surface area contributed by atoms with Crippen LogP contribution in [0.1, 0.15) is 23.2 Å². The molecular weight excluding hydrogens is 181 g/mol. The third-order valence-electron chi connectivity index (χ3n) is 1.53. The number of halogens is 3. The Morgan fingerprint density at radius 1 is 1.54 bits per heavy atom. The molecule has 13 heavy (non-hydrogen) atoms. The summed E-state index contributed by atoms with van der Waals surface area (Å²) in [5.41, 5.74) is -0.814. The fourth-order valence-corrected chi connectivity index (χ4v) is 0.903. The number of hydrogen-bond acceptors (Lipinski definition) is 2. The first-order valence-corrected chi connectivity index (χ1v) is 3.41. The molecule has 2 nitrogen and oxygen atoms in total. The molecule has 0 aliphatic rings. The van der Waals surface area contributed by atoms with E-state index in [4.69, 9.17) is 5.26 Å². The molecular formula is C8H5F3N2. The Morgan fingerprint density at radius 3 is 2.62 bits per heavy atom. The van der Waals surface area contributed by atoms with E-state index in [9.17, 15) is 13.2 Å². The molecule has 0 atom stereocenters. The summed E-state index contributed by atoms with van der Waals surface area (Å²) in [5, 5.41) is 8.35. The van der Waals surface area contributed by atoms with E-state index in [0.717, 1.165) is 6.07 Å². The quantitative estimate of drug-likeness (QED) is 0.631. The van der Waals surface area contributed by atoms with E-state index in [1.54, 1.807) is 0 Å². The highest BCUT2D eigenvalue weighted by Gasteiger charge is 2.15. The SMILES string of the molecule is Cc1cc(C#N)c(F)nc1C(F)F. The Hall–Kier alpha value is -1.57. The topological polar surface area (TPSA) is 36.7 Å². The molecule has 0 saturated carbocycles. The Balaban J connectivity index is 3.31. The lowest BCUT2D eigenvalue weighted by molar-refractivity contribution is 0.144. The standard InChI is InChI=1S/C8H5F3N2/c1-4-2-5(3-12)8(11)13-6(4)7(9)10/h2,7H,1H3. The van der Waals surface area contributed by atoms with Crippen molar-refractivity contribution in [2.75, 3.05) is 0 Å². The van der Waals surface area contributed by atoms with Crippen molar-refractivity contribution in [1.82, 2.24) is 4.98 Å². The lowest BCUT2D eigenvalue weighted by Crippen LogP contribution is -2.00. The van der Waals surface area contributed by atoms with Gasteiger partial charge in [0.15, 0.2) is 0 Å². The molecule has 1 rings (SSSR count). The molecule has 1 aromatic rings. The zero-order chi connectivity index (χ0) is 10.0. The molecule has 0 aliphatic heterocycles. The first-order chi connectivity index (χ1) is 6.06. The van der Waals surface area contributed by atoms with Gasteiger partial charge in [0.2, 0.25) is 5.95 Å². The van der Waals surface area contributed by atoms with Gasteiger partial charge in [0.1, 0.15) is 17.3 Å². The maximum atomic E-state index is 12.7. The summed E-state index contributed by atoms with van der Waals surface area (Å²) >= 11 is 0. The summed E-state index contributed by atoms with van der Waals surface area (Å²) in [6.07, 6.45) is -2.82. The van der Waals surface area contributed by atoms with Gasteiger partial charge in [-0.25, -0.2) is 13.8 Å². The summed E-state index contributed by atoms with van der Waals surface area (Å²) in [4.78, 5) is 3.00. The predicted molar refractivity (Wildman–Crippen MR) is 38.6 cm³/mol. The fraction of sp³-hybridized carbons (Fsp3) is 0.250. The highest BCUT2D eigenvalue weighted by atomic mass is 19.3. The molecule has 0 N–H and O–H groups in total. The molecule has 68 valence electrons. The predicted octanol–water partition coefficient (Wildman–Crippen LogP) is 2.34. The molecule has 0 fully saturated rings. The van der Waals surface area contributed by atoms with Crippen LogP contribution in [0, 0.1) is 24.2 Å². The van der Waals surface area contributed by atoms with Gasteiger partial charge in [-0.1, -0.05) is 0 Å². The van der Waals surface area contributed by atoms with Gasteiger partial charge >= 0.3 is 0 Å². The minimum atomic E-state index is -2.82. The number of nitriles is 1. The molecule has 0 spiro atoms. The Bertz CT molecular complexity index is 368. The molecule has 0 aliphatic carbocycles. The first kappa shape index (κ1) is 9.52. The van der Waals surface area contributed by atoms with Crippen molar-refractivity contribution in [1.29, 1.82) is 5.26 Å². The molecule has 0 radical (unpaired) electrons. The van der Waals surface area contributed by atoms with Gasteiger partial charge in [0.25, 0.3) is 6.43 Å². The smallest absolute Gasteiger partial charge is 0.217 e. The summed E-state index contributed by atoms with van der Waals surface area (Å²) in [6, 6.07) is 2.58. The van der Waals surface area contributed by atoms with Crippen LogP contribution < -0.4 is 0 Å². The molecule has 5 heteroatoms. The number of aromatic nitrogens is 1. The lowest BCUT2D eigenvalue weighted by Gasteiger charge is -2.03. The third kappa shape index (κ3) is 1.78. The minimum absolute atomic E-state index is 0.118. The fourth-order valence-electron chi connectivity index (χ4n) is 0.903. The number of hydrogen-bond donors (Lipinski definition) is 0. The summed E-state index contributed by atoms with van der Waals surface area (Å²) in [7, 11) is 0. The van der Waals surface area contributed by atoms with Gasteiger partial charge in [0.05, 0.1) is 0 Å². The number of aryl methyl sites for hydroxylation is 1. The van der Waals surface area contributed by atoms with Crippen LogP contribution in [-0.4, -0.2) is 4.98 Å². The van der Waals surface area contributed by atoms with E-state index >= 15 is 0 Å². The van der Waals surface area contributed by atoms with Crippen molar-refractivity contribution in [3.8, 4) is 6.07 Å². The van der Waals surface area contributed by atoms with Crippen molar-refractivity contribution < 1.29 is 13.2 Å². The second-order valence-corrected chi connectivity index (χ2v) is 2.44. The highest BCUT2D eigenvalue weighted by Crippen LogP contribution is 2.21. The summed E-state index contributed by atoms with van der Waals surface area (Å²) in [6.45, 7) is 1.36. The van der Waals surface area contributed by atoms with Gasteiger partial charge < -0.3 is 0 Å². The summed E-state index contributed by atoms with van der Waals surface area (Å²) in [5.74, 6) is -1.15. The zero-order valence-electron chi connectivity index (χ0n) is 6.68. The number of rotatable bonds is 1. The molecule has 0 amide bonds. The van der Waals surface area contributed by atoms with Crippen molar-refractivity contribution in [2.45, 2.75) is 13.3 Å². The third-order valence-corrected chi connectivity index (χ3v) is 1.53. The molecule has 1 heterocycles. The van der Waals surface area contributed by atoms with E-state index in [1.165, 1.54) is 13.0 Å². The zero-order valence-corrected chi connectivity index (χ0v) is 6.68. The average molecular weight is 186 g/mol.